The number of anilines is 1. The molecule has 6 nitrogen and oxygen atoms in total. The third kappa shape index (κ3) is 3.71. The van der Waals surface area contributed by atoms with Gasteiger partial charge < -0.3 is 15.5 Å². The smallest absolute Gasteiger partial charge is 0.262 e. The molecule has 0 unspecified atom stereocenters. The van der Waals surface area contributed by atoms with Crippen LogP contribution in [0.5, 0.6) is 0 Å². The quantitative estimate of drug-likeness (QED) is 0.470. The molecule has 23 heavy (non-hydrogen) atoms. The van der Waals surface area contributed by atoms with E-state index < -0.39 is 0 Å². The number of carbonyl (C=O) groups is 1. The molecule has 3 aromatic rings. The maximum Gasteiger partial charge on any atom is 0.262 e. The zero-order valence-electron chi connectivity index (χ0n) is 12.4. The molecule has 0 aliphatic heterocycles. The van der Waals surface area contributed by atoms with E-state index in [1.165, 1.54) is 0 Å². The Morgan fingerprint density at radius 1 is 1.22 bits per heavy atom. The van der Waals surface area contributed by atoms with E-state index in [2.05, 4.69) is 21.9 Å². The van der Waals surface area contributed by atoms with Crippen molar-refractivity contribution in [1.82, 2.24) is 15.0 Å². The maximum absolute atomic E-state index is 12.0. The first kappa shape index (κ1) is 17.4. The van der Waals surface area contributed by atoms with Gasteiger partial charge in [-0.3, -0.25) is 9.78 Å². The zero-order valence-corrected chi connectivity index (χ0v) is 15.3. The number of ketones is 1. The van der Waals surface area contributed by atoms with E-state index in [1.54, 1.807) is 18.3 Å². The SMILES string of the molecule is [CH2-]C(=O)c1ccc(CCc2c[nH]c3nc(N)[nH]c(=O)c23)cc1.[Y]. The summed E-state index contributed by atoms with van der Waals surface area (Å²) < 4.78 is 0. The molecular formula is C16H15N4O2Y-. The third-order valence-corrected chi connectivity index (χ3v) is 3.60. The van der Waals surface area contributed by atoms with Crippen LogP contribution < -0.4 is 11.3 Å². The molecule has 0 atom stereocenters. The summed E-state index contributed by atoms with van der Waals surface area (Å²) in [5.74, 6) is -0.0993. The van der Waals surface area contributed by atoms with Crippen LogP contribution in [-0.4, -0.2) is 20.7 Å². The molecule has 0 saturated heterocycles. The second-order valence-electron chi connectivity index (χ2n) is 5.11. The van der Waals surface area contributed by atoms with Gasteiger partial charge >= 0.3 is 0 Å². The van der Waals surface area contributed by atoms with Gasteiger partial charge in [0.2, 0.25) is 5.95 Å². The Morgan fingerprint density at radius 2 is 1.91 bits per heavy atom. The van der Waals surface area contributed by atoms with Crippen molar-refractivity contribution in [3.63, 3.8) is 0 Å². The minimum Gasteiger partial charge on any atom is -0.369 e. The van der Waals surface area contributed by atoms with E-state index in [0.29, 0.717) is 23.0 Å². The Balaban J connectivity index is 0.00000192. The number of H-pyrrole nitrogens is 2. The topological polar surface area (TPSA) is 105 Å². The summed E-state index contributed by atoms with van der Waals surface area (Å²) in [5.41, 5.74) is 8.34. The van der Waals surface area contributed by atoms with E-state index in [0.717, 1.165) is 17.5 Å². The Bertz CT molecular complexity index is 897. The van der Waals surface area contributed by atoms with Crippen LogP contribution in [0, 0.1) is 6.92 Å². The van der Waals surface area contributed by atoms with Crippen LogP contribution in [-0.2, 0) is 45.6 Å². The summed E-state index contributed by atoms with van der Waals surface area (Å²) in [5, 5.41) is 0.541. The summed E-state index contributed by atoms with van der Waals surface area (Å²) in [4.78, 5) is 32.7. The molecule has 0 fully saturated rings. The second kappa shape index (κ2) is 7.11. The molecule has 0 bridgehead atoms. The fraction of sp³-hybridized carbons (Fsp3) is 0.125. The number of fused-ring (bicyclic) bond motifs is 1. The van der Waals surface area contributed by atoms with Gasteiger partial charge in [0.15, 0.2) is 0 Å². The fourth-order valence-corrected chi connectivity index (χ4v) is 2.45. The molecule has 0 aliphatic rings. The standard InChI is InChI=1S/C16H15N4O2.Y/c1-9(21)11-5-2-10(3-6-11)4-7-12-8-18-14-13(12)15(22)20-16(17)19-14;/h2-3,5-6,8H,1,4,7H2,(H4,17,18,19,20,22);/q-1;. The van der Waals surface area contributed by atoms with Crippen molar-refractivity contribution in [3.8, 4) is 0 Å². The van der Waals surface area contributed by atoms with Crippen LogP contribution in [0.4, 0.5) is 5.95 Å². The van der Waals surface area contributed by atoms with Gasteiger partial charge in [-0.25, -0.2) is 0 Å². The number of aryl methyl sites for hydroxylation is 2. The van der Waals surface area contributed by atoms with E-state index in [-0.39, 0.29) is 50.0 Å². The normalized spacial score (nSPS) is 10.4. The van der Waals surface area contributed by atoms with Gasteiger partial charge in [0.05, 0.1) is 5.39 Å². The largest absolute Gasteiger partial charge is 0.369 e. The van der Waals surface area contributed by atoms with Crippen LogP contribution in [0.1, 0.15) is 21.5 Å². The summed E-state index contributed by atoms with van der Waals surface area (Å²) in [6, 6.07) is 7.31. The number of benzene rings is 1. The molecule has 115 valence electrons. The second-order valence-corrected chi connectivity index (χ2v) is 5.11. The number of nitrogens with two attached hydrogens (primary N) is 1. The predicted molar refractivity (Wildman–Crippen MR) is 84.7 cm³/mol. The van der Waals surface area contributed by atoms with Gasteiger partial charge in [-0.2, -0.15) is 11.9 Å². The first-order valence-corrected chi connectivity index (χ1v) is 6.85. The van der Waals surface area contributed by atoms with Crippen LogP contribution in [0.15, 0.2) is 35.3 Å². The van der Waals surface area contributed by atoms with Gasteiger partial charge in [0, 0.05) is 44.7 Å². The predicted octanol–water partition coefficient (Wildman–Crippen LogP) is 1.63. The molecular weight excluding hydrogens is 369 g/mol. The number of hydrogen-bond donors (Lipinski definition) is 3. The molecule has 1 aromatic carbocycles. The van der Waals surface area contributed by atoms with Crippen molar-refractivity contribution in [3.05, 3.63) is 64.4 Å². The Labute approximate surface area is 157 Å². The van der Waals surface area contributed by atoms with Crippen LogP contribution in [0.3, 0.4) is 0 Å². The van der Waals surface area contributed by atoms with Gasteiger partial charge in [0.25, 0.3) is 5.56 Å². The van der Waals surface area contributed by atoms with Crippen LogP contribution in [0.2, 0.25) is 0 Å². The van der Waals surface area contributed by atoms with Gasteiger partial charge in [0.1, 0.15) is 5.65 Å². The summed E-state index contributed by atoms with van der Waals surface area (Å²) in [6.07, 6.45) is 3.22. The van der Waals surface area contributed by atoms with E-state index in [9.17, 15) is 9.59 Å². The van der Waals surface area contributed by atoms with E-state index in [4.69, 9.17) is 5.73 Å². The average molecular weight is 384 g/mol. The van der Waals surface area contributed by atoms with Gasteiger partial charge in [-0.15, -0.1) is 17.7 Å². The van der Waals surface area contributed by atoms with Crippen molar-refractivity contribution >= 4 is 22.8 Å². The number of nitrogens with one attached hydrogen (secondary N) is 2. The minimum absolute atomic E-state index is 0. The Morgan fingerprint density at radius 3 is 2.57 bits per heavy atom. The van der Waals surface area contributed by atoms with Crippen molar-refractivity contribution < 1.29 is 37.5 Å². The number of aromatic amines is 2. The van der Waals surface area contributed by atoms with E-state index in [1.807, 2.05) is 12.1 Å². The maximum atomic E-state index is 12.0. The average Bonchev–Trinajstić information content (AvgIpc) is 2.88. The molecule has 1 radical (unpaired) electrons. The zero-order chi connectivity index (χ0) is 15.7. The Kier molecular flexibility index (Phi) is 5.39. The molecule has 0 spiro atoms. The summed E-state index contributed by atoms with van der Waals surface area (Å²) >= 11 is 0. The fourth-order valence-electron chi connectivity index (χ4n) is 2.45. The number of nitrogens with zero attached hydrogens (tertiary/aromatic N) is 1. The first-order valence-electron chi connectivity index (χ1n) is 6.85. The van der Waals surface area contributed by atoms with E-state index >= 15 is 0 Å². The number of rotatable bonds is 4. The Hall–Kier alpha value is -1.92. The number of carbonyl (C=O) groups excluding carboxylic acids is 1. The summed E-state index contributed by atoms with van der Waals surface area (Å²) in [7, 11) is 0. The molecule has 7 heteroatoms. The van der Waals surface area contributed by atoms with Crippen molar-refractivity contribution in [1.29, 1.82) is 0 Å². The number of aromatic nitrogens is 3. The number of hydrogen-bond acceptors (Lipinski definition) is 4. The first-order chi connectivity index (χ1) is 10.5. The third-order valence-electron chi connectivity index (χ3n) is 3.60. The van der Waals surface area contributed by atoms with Gasteiger partial charge in [-0.1, -0.05) is 17.7 Å². The molecule has 0 aliphatic carbocycles. The molecule has 2 aromatic heterocycles. The molecule has 3 rings (SSSR count). The van der Waals surface area contributed by atoms with Crippen LogP contribution >= 0.6 is 0 Å². The molecule has 0 saturated carbocycles. The minimum atomic E-state index is -0.239. The van der Waals surface area contributed by atoms with Gasteiger partial charge in [-0.05, 0) is 18.4 Å². The molecule has 4 N–H and O–H groups in total. The molecule has 0 amide bonds. The number of nitrogen functional groups attached to an aromatic ring is 1. The monoisotopic (exact) mass is 384 g/mol. The van der Waals surface area contributed by atoms with Crippen molar-refractivity contribution in [2.24, 2.45) is 0 Å². The molecule has 2 heterocycles. The van der Waals surface area contributed by atoms with Crippen molar-refractivity contribution in [2.75, 3.05) is 5.73 Å². The van der Waals surface area contributed by atoms with Crippen molar-refractivity contribution in [2.45, 2.75) is 12.8 Å². The number of Topliss-reactive ketones (excluding diaryl/α,β-unsaturated/α-hetero) is 1. The van der Waals surface area contributed by atoms with Crippen LogP contribution in [0.25, 0.3) is 11.0 Å². The summed E-state index contributed by atoms with van der Waals surface area (Å²) in [6.45, 7) is 3.38.